The van der Waals surface area contributed by atoms with E-state index in [0.717, 1.165) is 19.7 Å². The minimum absolute atomic E-state index is 0.570. The molecule has 7 heteroatoms. The SMILES string of the molecule is CCNCCOCCOCCOCCOCCOCCOC. The number of methoxy groups -OCH3 is 1. The lowest BCUT2D eigenvalue weighted by Crippen LogP contribution is -2.20. The monoisotopic (exact) mass is 323 g/mol. The first-order chi connectivity index (χ1) is 10.9. The third-order valence-electron chi connectivity index (χ3n) is 2.59. The smallest absolute Gasteiger partial charge is 0.0701 e. The van der Waals surface area contributed by atoms with Crippen LogP contribution in [0.25, 0.3) is 0 Å². The average molecular weight is 323 g/mol. The number of hydrogen-bond acceptors (Lipinski definition) is 7. The van der Waals surface area contributed by atoms with Crippen LogP contribution in [0, 0.1) is 0 Å². The third-order valence-corrected chi connectivity index (χ3v) is 2.59. The molecule has 0 saturated heterocycles. The van der Waals surface area contributed by atoms with Crippen LogP contribution in [0.2, 0.25) is 0 Å². The van der Waals surface area contributed by atoms with E-state index in [9.17, 15) is 0 Å². The van der Waals surface area contributed by atoms with E-state index in [2.05, 4.69) is 12.2 Å². The Morgan fingerprint density at radius 3 is 1.27 bits per heavy atom. The molecule has 0 unspecified atom stereocenters. The van der Waals surface area contributed by atoms with Gasteiger partial charge in [-0.05, 0) is 6.54 Å². The van der Waals surface area contributed by atoms with Gasteiger partial charge >= 0.3 is 0 Å². The van der Waals surface area contributed by atoms with Gasteiger partial charge in [-0.3, -0.25) is 0 Å². The van der Waals surface area contributed by atoms with Gasteiger partial charge in [0.1, 0.15) is 0 Å². The highest BCUT2D eigenvalue weighted by molar-refractivity contribution is 4.40. The van der Waals surface area contributed by atoms with E-state index >= 15 is 0 Å². The van der Waals surface area contributed by atoms with Crippen LogP contribution in [0.3, 0.4) is 0 Å². The van der Waals surface area contributed by atoms with Gasteiger partial charge in [-0.15, -0.1) is 0 Å². The van der Waals surface area contributed by atoms with E-state index < -0.39 is 0 Å². The summed E-state index contributed by atoms with van der Waals surface area (Å²) in [6, 6.07) is 0. The molecule has 0 spiro atoms. The van der Waals surface area contributed by atoms with Gasteiger partial charge in [0.15, 0.2) is 0 Å². The fourth-order valence-electron chi connectivity index (χ4n) is 1.45. The molecule has 7 nitrogen and oxygen atoms in total. The molecular formula is C15H33NO6. The van der Waals surface area contributed by atoms with Crippen molar-refractivity contribution in [3.05, 3.63) is 0 Å². The van der Waals surface area contributed by atoms with Crippen LogP contribution >= 0.6 is 0 Å². The largest absolute Gasteiger partial charge is 0.382 e. The van der Waals surface area contributed by atoms with Crippen molar-refractivity contribution in [2.75, 3.05) is 92.9 Å². The topological polar surface area (TPSA) is 67.4 Å². The molecular weight excluding hydrogens is 290 g/mol. The van der Waals surface area contributed by atoms with Crippen molar-refractivity contribution in [1.29, 1.82) is 0 Å². The zero-order valence-corrected chi connectivity index (χ0v) is 14.1. The zero-order valence-electron chi connectivity index (χ0n) is 14.1. The van der Waals surface area contributed by atoms with Gasteiger partial charge in [0.25, 0.3) is 0 Å². The van der Waals surface area contributed by atoms with Gasteiger partial charge in [0.2, 0.25) is 0 Å². The van der Waals surface area contributed by atoms with Gasteiger partial charge in [-0.25, -0.2) is 0 Å². The van der Waals surface area contributed by atoms with Crippen molar-refractivity contribution in [1.82, 2.24) is 5.32 Å². The predicted molar refractivity (Wildman–Crippen MR) is 84.5 cm³/mol. The summed E-state index contributed by atoms with van der Waals surface area (Å²) >= 11 is 0. The fraction of sp³-hybridized carbons (Fsp3) is 1.00. The lowest BCUT2D eigenvalue weighted by Gasteiger charge is -2.08. The Balaban J connectivity index is 2.91. The number of ether oxygens (including phenoxy) is 6. The molecule has 0 aliphatic carbocycles. The molecule has 134 valence electrons. The summed E-state index contributed by atoms with van der Waals surface area (Å²) in [7, 11) is 1.65. The molecule has 22 heavy (non-hydrogen) atoms. The maximum atomic E-state index is 5.38. The summed E-state index contributed by atoms with van der Waals surface area (Å²) in [6.45, 7) is 10.6. The number of rotatable bonds is 19. The van der Waals surface area contributed by atoms with E-state index in [1.807, 2.05) is 0 Å². The Bertz CT molecular complexity index is 177. The van der Waals surface area contributed by atoms with Gasteiger partial charge in [0.05, 0.1) is 72.7 Å². The fourth-order valence-corrected chi connectivity index (χ4v) is 1.45. The average Bonchev–Trinajstić information content (AvgIpc) is 2.54. The summed E-state index contributed by atoms with van der Waals surface area (Å²) in [5, 5.41) is 3.19. The van der Waals surface area contributed by atoms with Gasteiger partial charge < -0.3 is 33.7 Å². The van der Waals surface area contributed by atoms with Gasteiger partial charge in [-0.1, -0.05) is 6.92 Å². The lowest BCUT2D eigenvalue weighted by atomic mass is 10.6. The zero-order chi connectivity index (χ0) is 16.1. The van der Waals surface area contributed by atoms with Crippen LogP contribution in [-0.2, 0) is 28.4 Å². The van der Waals surface area contributed by atoms with Crippen LogP contribution in [-0.4, -0.2) is 92.9 Å². The summed E-state index contributed by atoms with van der Waals surface area (Å²) in [4.78, 5) is 0. The van der Waals surface area contributed by atoms with Crippen molar-refractivity contribution in [3.63, 3.8) is 0 Å². The highest BCUT2D eigenvalue weighted by Crippen LogP contribution is 1.84. The first-order valence-corrected chi connectivity index (χ1v) is 8.00. The molecule has 0 aliphatic rings. The van der Waals surface area contributed by atoms with Crippen LogP contribution in [0.1, 0.15) is 6.92 Å². The Labute approximate surface area is 134 Å². The summed E-state index contributed by atoms with van der Waals surface area (Å²) in [5.74, 6) is 0. The first-order valence-electron chi connectivity index (χ1n) is 8.00. The van der Waals surface area contributed by atoms with Crippen molar-refractivity contribution in [3.8, 4) is 0 Å². The molecule has 0 aromatic heterocycles. The van der Waals surface area contributed by atoms with Crippen LogP contribution in [0.5, 0.6) is 0 Å². The highest BCUT2D eigenvalue weighted by Gasteiger charge is 1.93. The van der Waals surface area contributed by atoms with Crippen molar-refractivity contribution >= 4 is 0 Å². The van der Waals surface area contributed by atoms with Crippen molar-refractivity contribution < 1.29 is 28.4 Å². The summed E-state index contributed by atoms with van der Waals surface area (Å²) < 4.78 is 31.6. The first kappa shape index (κ1) is 21.7. The minimum Gasteiger partial charge on any atom is -0.382 e. The third kappa shape index (κ3) is 19.7. The Morgan fingerprint density at radius 1 is 0.545 bits per heavy atom. The predicted octanol–water partition coefficient (Wildman–Crippen LogP) is 0.325. The molecule has 0 aromatic carbocycles. The number of likely N-dealkylation sites (N-methyl/N-ethyl adjacent to an activating group) is 1. The molecule has 0 bridgehead atoms. The summed E-state index contributed by atoms with van der Waals surface area (Å²) in [6.07, 6.45) is 0. The quantitative estimate of drug-likeness (QED) is 0.344. The van der Waals surface area contributed by atoms with Crippen LogP contribution in [0.4, 0.5) is 0 Å². The second-order valence-corrected chi connectivity index (χ2v) is 4.41. The van der Waals surface area contributed by atoms with E-state index in [4.69, 9.17) is 28.4 Å². The van der Waals surface area contributed by atoms with Gasteiger partial charge in [0, 0.05) is 13.7 Å². The normalized spacial score (nSPS) is 11.2. The van der Waals surface area contributed by atoms with Crippen molar-refractivity contribution in [2.45, 2.75) is 6.92 Å². The Hall–Kier alpha value is -0.280. The molecule has 0 aliphatic heterocycles. The highest BCUT2D eigenvalue weighted by atomic mass is 16.6. The molecule has 0 rings (SSSR count). The molecule has 0 radical (unpaired) electrons. The Morgan fingerprint density at radius 2 is 0.909 bits per heavy atom. The minimum atomic E-state index is 0.570. The summed E-state index contributed by atoms with van der Waals surface area (Å²) in [5.41, 5.74) is 0. The maximum Gasteiger partial charge on any atom is 0.0701 e. The van der Waals surface area contributed by atoms with Crippen LogP contribution in [0.15, 0.2) is 0 Å². The molecule has 0 fully saturated rings. The van der Waals surface area contributed by atoms with E-state index in [-0.39, 0.29) is 0 Å². The number of hydrogen-bond donors (Lipinski definition) is 1. The second kappa shape index (κ2) is 20.7. The van der Waals surface area contributed by atoms with E-state index in [1.54, 1.807) is 7.11 Å². The molecule has 0 saturated carbocycles. The molecule has 0 amide bonds. The molecule has 0 atom stereocenters. The Kier molecular flexibility index (Phi) is 20.5. The van der Waals surface area contributed by atoms with Crippen LogP contribution < -0.4 is 5.32 Å². The lowest BCUT2D eigenvalue weighted by molar-refractivity contribution is -0.0144. The van der Waals surface area contributed by atoms with E-state index in [1.165, 1.54) is 0 Å². The molecule has 1 N–H and O–H groups in total. The molecule has 0 heterocycles. The second-order valence-electron chi connectivity index (χ2n) is 4.41. The van der Waals surface area contributed by atoms with E-state index in [0.29, 0.717) is 66.1 Å². The van der Waals surface area contributed by atoms with Gasteiger partial charge in [-0.2, -0.15) is 0 Å². The standard InChI is InChI=1S/C15H33NO6/c1-3-16-4-5-18-8-9-20-12-13-22-15-14-21-11-10-19-7-6-17-2/h16H,3-15H2,1-2H3. The van der Waals surface area contributed by atoms with Crippen molar-refractivity contribution in [2.24, 2.45) is 0 Å². The molecule has 0 aromatic rings. The maximum absolute atomic E-state index is 5.38. The number of nitrogens with one attached hydrogen (secondary N) is 1.